The predicted octanol–water partition coefficient (Wildman–Crippen LogP) is 2.43. The zero-order chi connectivity index (χ0) is 20.4. The highest BCUT2D eigenvalue weighted by molar-refractivity contribution is 7.10. The first kappa shape index (κ1) is 20.1. The summed E-state index contributed by atoms with van der Waals surface area (Å²) < 4.78 is 16.4. The maximum atomic E-state index is 12.8. The van der Waals surface area contributed by atoms with Crippen LogP contribution in [-0.2, 0) is 30.3 Å². The monoisotopic (exact) mass is 418 g/mol. The lowest BCUT2D eigenvalue weighted by Gasteiger charge is -2.31. The Kier molecular flexibility index (Phi) is 6.03. The Morgan fingerprint density at radius 2 is 2.14 bits per heavy atom. The molecule has 0 unspecified atom stereocenters. The third-order valence-electron chi connectivity index (χ3n) is 5.45. The Morgan fingerprint density at radius 3 is 2.90 bits per heavy atom. The molecule has 0 saturated carbocycles. The molecular formula is C21H26N2O5S. The number of nitrogens with zero attached hydrogens (tertiary/aromatic N) is 1. The van der Waals surface area contributed by atoms with E-state index >= 15 is 0 Å². The van der Waals surface area contributed by atoms with E-state index in [4.69, 9.17) is 19.9 Å². The lowest BCUT2D eigenvalue weighted by atomic mass is 9.80. The number of ketones is 1. The highest BCUT2D eigenvalue weighted by Crippen LogP contribution is 2.45. The normalized spacial score (nSPS) is 23.1. The van der Waals surface area contributed by atoms with Gasteiger partial charge in [0.05, 0.1) is 25.7 Å². The molecule has 156 valence electrons. The SMILES string of the molecule is CCOC(=O)C1=C(N)OC2=C(C(=O)CCC2)[C@H]1c1cc(CN2CCOCC2)cs1. The number of ether oxygens (including phenoxy) is 3. The van der Waals surface area contributed by atoms with E-state index in [-0.39, 0.29) is 23.8 Å². The molecule has 1 aliphatic carbocycles. The van der Waals surface area contributed by atoms with E-state index in [0.717, 1.165) is 49.7 Å². The summed E-state index contributed by atoms with van der Waals surface area (Å²) >= 11 is 1.55. The van der Waals surface area contributed by atoms with Gasteiger partial charge >= 0.3 is 5.97 Å². The van der Waals surface area contributed by atoms with Crippen molar-refractivity contribution in [2.75, 3.05) is 32.9 Å². The predicted molar refractivity (Wildman–Crippen MR) is 108 cm³/mol. The summed E-state index contributed by atoms with van der Waals surface area (Å²) in [5.41, 5.74) is 8.10. The number of morpholine rings is 1. The second-order valence-corrected chi connectivity index (χ2v) is 8.34. The Hall–Kier alpha value is -2.16. The molecule has 1 aromatic heterocycles. The van der Waals surface area contributed by atoms with Crippen molar-refractivity contribution < 1.29 is 23.8 Å². The zero-order valence-electron chi connectivity index (χ0n) is 16.6. The lowest BCUT2D eigenvalue weighted by Crippen LogP contribution is -2.35. The molecule has 0 radical (unpaired) electrons. The van der Waals surface area contributed by atoms with Crippen LogP contribution >= 0.6 is 11.3 Å². The topological polar surface area (TPSA) is 91.1 Å². The first-order chi connectivity index (χ1) is 14.1. The van der Waals surface area contributed by atoms with Gasteiger partial charge in [0.25, 0.3) is 0 Å². The standard InChI is InChI=1S/C21H26N2O5S/c1-2-27-21(25)19-18(17-14(24)4-3-5-15(17)28-20(19)22)16-10-13(12-29-16)11-23-6-8-26-9-7-23/h10,12,18H,2-9,11,22H2,1H3/t18-/m1/s1. The van der Waals surface area contributed by atoms with Gasteiger partial charge in [-0.1, -0.05) is 0 Å². The number of hydrogen-bond donors (Lipinski definition) is 1. The maximum Gasteiger partial charge on any atom is 0.340 e. The average Bonchev–Trinajstić information content (AvgIpc) is 3.16. The fourth-order valence-electron chi connectivity index (χ4n) is 4.09. The van der Waals surface area contributed by atoms with E-state index in [1.807, 2.05) is 0 Å². The lowest BCUT2D eigenvalue weighted by molar-refractivity contribution is -0.139. The molecule has 1 atom stereocenters. The van der Waals surface area contributed by atoms with Crippen LogP contribution in [0, 0.1) is 0 Å². The minimum absolute atomic E-state index is 0.0219. The van der Waals surface area contributed by atoms with Gasteiger partial charge in [-0.3, -0.25) is 9.69 Å². The van der Waals surface area contributed by atoms with Crippen molar-refractivity contribution in [3.63, 3.8) is 0 Å². The minimum Gasteiger partial charge on any atom is -0.462 e. The molecule has 1 fully saturated rings. The summed E-state index contributed by atoms with van der Waals surface area (Å²) in [6, 6.07) is 2.08. The van der Waals surface area contributed by atoms with Crippen molar-refractivity contribution >= 4 is 23.1 Å². The molecule has 1 aromatic rings. The van der Waals surface area contributed by atoms with Crippen LogP contribution in [0.5, 0.6) is 0 Å². The number of nitrogens with two attached hydrogens (primary N) is 1. The smallest absolute Gasteiger partial charge is 0.340 e. The summed E-state index contributed by atoms with van der Waals surface area (Å²) in [5, 5.41) is 2.09. The van der Waals surface area contributed by atoms with Gasteiger partial charge in [0.1, 0.15) is 11.3 Å². The van der Waals surface area contributed by atoms with Crippen LogP contribution in [-0.4, -0.2) is 49.6 Å². The van der Waals surface area contributed by atoms with Gasteiger partial charge in [-0.05, 0) is 30.4 Å². The summed E-state index contributed by atoms with van der Waals surface area (Å²) in [6.07, 6.45) is 1.85. The Labute approximate surface area is 174 Å². The average molecular weight is 419 g/mol. The number of allylic oxidation sites excluding steroid dienone is 2. The number of carbonyl (C=O) groups is 2. The first-order valence-corrected chi connectivity index (χ1v) is 10.9. The number of esters is 1. The highest BCUT2D eigenvalue weighted by Gasteiger charge is 2.41. The van der Waals surface area contributed by atoms with Crippen LogP contribution in [0.25, 0.3) is 0 Å². The summed E-state index contributed by atoms with van der Waals surface area (Å²) in [5.74, 6) is -0.379. The molecule has 7 nitrogen and oxygen atoms in total. The third-order valence-corrected chi connectivity index (χ3v) is 6.49. The molecule has 1 saturated heterocycles. The molecule has 29 heavy (non-hydrogen) atoms. The molecule has 0 bridgehead atoms. The number of carbonyl (C=O) groups excluding carboxylic acids is 2. The Morgan fingerprint density at radius 1 is 1.34 bits per heavy atom. The third kappa shape index (κ3) is 4.10. The fourth-order valence-corrected chi connectivity index (χ4v) is 5.12. The number of rotatable bonds is 5. The molecule has 3 aliphatic rings. The Balaban J connectivity index is 1.68. The van der Waals surface area contributed by atoms with E-state index in [2.05, 4.69) is 16.3 Å². The molecule has 2 aliphatic heterocycles. The van der Waals surface area contributed by atoms with Crippen LogP contribution in [0.1, 0.15) is 42.5 Å². The number of hydrogen-bond acceptors (Lipinski definition) is 8. The summed E-state index contributed by atoms with van der Waals surface area (Å²) in [6.45, 7) is 6.08. The zero-order valence-corrected chi connectivity index (χ0v) is 17.4. The number of thiophene rings is 1. The largest absolute Gasteiger partial charge is 0.462 e. The molecule has 2 N–H and O–H groups in total. The second-order valence-electron chi connectivity index (χ2n) is 7.39. The summed E-state index contributed by atoms with van der Waals surface area (Å²) in [4.78, 5) is 28.8. The van der Waals surface area contributed by atoms with Gasteiger partial charge in [0.15, 0.2) is 5.78 Å². The van der Waals surface area contributed by atoms with Crippen molar-refractivity contribution in [1.82, 2.24) is 4.90 Å². The highest BCUT2D eigenvalue weighted by atomic mass is 32.1. The maximum absolute atomic E-state index is 12.8. The quantitative estimate of drug-likeness (QED) is 0.735. The second kappa shape index (κ2) is 8.69. The van der Waals surface area contributed by atoms with Gasteiger partial charge in [-0.25, -0.2) is 4.79 Å². The van der Waals surface area contributed by atoms with Gasteiger partial charge < -0.3 is 19.9 Å². The van der Waals surface area contributed by atoms with E-state index < -0.39 is 11.9 Å². The van der Waals surface area contributed by atoms with Crippen LogP contribution in [0.3, 0.4) is 0 Å². The molecule has 0 amide bonds. The first-order valence-electron chi connectivity index (χ1n) is 10.1. The van der Waals surface area contributed by atoms with Crippen molar-refractivity contribution in [1.29, 1.82) is 0 Å². The number of Topliss-reactive ketones (excluding diaryl/α,β-unsaturated/α-hetero) is 1. The molecule has 3 heterocycles. The van der Waals surface area contributed by atoms with Crippen molar-refractivity contribution in [3.05, 3.63) is 44.7 Å². The molecule has 0 aromatic carbocycles. The van der Waals surface area contributed by atoms with E-state index in [0.29, 0.717) is 24.2 Å². The van der Waals surface area contributed by atoms with Crippen molar-refractivity contribution in [2.24, 2.45) is 5.73 Å². The Bertz CT molecular complexity index is 866. The van der Waals surface area contributed by atoms with Crippen molar-refractivity contribution in [2.45, 2.75) is 38.6 Å². The molecular weight excluding hydrogens is 392 g/mol. The molecule has 8 heteroatoms. The van der Waals surface area contributed by atoms with Gasteiger partial charge in [0, 0.05) is 42.9 Å². The van der Waals surface area contributed by atoms with E-state index in [9.17, 15) is 9.59 Å². The minimum atomic E-state index is -0.525. The van der Waals surface area contributed by atoms with Crippen LogP contribution in [0.2, 0.25) is 0 Å². The van der Waals surface area contributed by atoms with Gasteiger partial charge in [-0.2, -0.15) is 0 Å². The van der Waals surface area contributed by atoms with E-state index in [1.165, 1.54) is 0 Å². The fraction of sp³-hybridized carbons (Fsp3) is 0.524. The van der Waals surface area contributed by atoms with Gasteiger partial charge in [0.2, 0.25) is 5.88 Å². The van der Waals surface area contributed by atoms with Crippen LogP contribution < -0.4 is 5.73 Å². The van der Waals surface area contributed by atoms with Crippen LogP contribution in [0.4, 0.5) is 0 Å². The molecule has 4 rings (SSSR count). The molecule has 0 spiro atoms. The van der Waals surface area contributed by atoms with Crippen LogP contribution in [0.15, 0.2) is 34.2 Å². The van der Waals surface area contributed by atoms with Gasteiger partial charge in [-0.15, -0.1) is 11.3 Å². The summed E-state index contributed by atoms with van der Waals surface area (Å²) in [7, 11) is 0. The van der Waals surface area contributed by atoms with Crippen molar-refractivity contribution in [3.8, 4) is 0 Å². The van der Waals surface area contributed by atoms with E-state index in [1.54, 1.807) is 18.3 Å².